The molecule has 44 heavy (non-hydrogen) atoms. The second kappa shape index (κ2) is 18.3. The molecule has 1 saturated heterocycles. The highest BCUT2D eigenvalue weighted by atomic mass is 35.6. The maximum atomic E-state index is 12.6. The molecule has 2 N–H and O–H groups in total. The lowest BCUT2D eigenvalue weighted by atomic mass is 9.96. The van der Waals surface area contributed by atoms with E-state index in [1.54, 1.807) is 0 Å². The average molecular weight is 757 g/mol. The van der Waals surface area contributed by atoms with Crippen molar-refractivity contribution in [3.8, 4) is 0 Å². The topological polar surface area (TPSA) is 200 Å². The summed E-state index contributed by atoms with van der Waals surface area (Å²) in [5.74, 6) is -3.57. The summed E-state index contributed by atoms with van der Waals surface area (Å²) in [7, 11) is 1.00. The summed E-state index contributed by atoms with van der Waals surface area (Å²) in [6.45, 7) is 0.405. The van der Waals surface area contributed by atoms with Gasteiger partial charge in [-0.1, -0.05) is 69.6 Å². The minimum atomic E-state index is -2.01. The average Bonchev–Trinajstić information content (AvgIpc) is 2.88. The Balaban J connectivity index is 3.41. The molecule has 1 aliphatic rings. The number of ether oxygens (including phenoxy) is 8. The van der Waals surface area contributed by atoms with Crippen LogP contribution in [0.3, 0.4) is 0 Å². The van der Waals surface area contributed by atoms with Crippen molar-refractivity contribution in [2.75, 3.05) is 33.5 Å². The Hall–Kier alpha value is -1.92. The minimum absolute atomic E-state index is 0.558. The Morgan fingerprint density at radius 3 is 1.77 bits per heavy atom. The Morgan fingerprint density at radius 1 is 0.773 bits per heavy atom. The number of halogens is 6. The number of rotatable bonds is 12. The number of hydrogen-bond donors (Lipinski definition) is 2. The monoisotopic (exact) mass is 754 g/mol. The zero-order chi connectivity index (χ0) is 33.8. The molecule has 0 aliphatic carbocycles. The fraction of sp³-hybridized carbons (Fsp3) is 0.727. The quantitative estimate of drug-likeness (QED) is 0.167. The van der Waals surface area contributed by atoms with Gasteiger partial charge in [0, 0.05) is 20.8 Å². The van der Waals surface area contributed by atoms with Gasteiger partial charge in [0.15, 0.2) is 24.5 Å². The third-order valence-electron chi connectivity index (χ3n) is 4.92. The normalized spacial score (nSPS) is 22.5. The van der Waals surface area contributed by atoms with Crippen LogP contribution in [0.5, 0.6) is 0 Å². The summed E-state index contributed by atoms with van der Waals surface area (Å²) in [6, 6.07) is -3.16. The lowest BCUT2D eigenvalue weighted by Gasteiger charge is -2.45. The van der Waals surface area contributed by atoms with Crippen LogP contribution >= 0.6 is 69.6 Å². The van der Waals surface area contributed by atoms with E-state index in [0.717, 1.165) is 27.9 Å². The molecule has 1 fully saturated rings. The number of alkyl carbamates (subject to hydrolysis) is 2. The molecule has 0 aromatic heterocycles. The number of amides is 2. The number of nitrogens with one attached hydrogen (secondary N) is 2. The van der Waals surface area contributed by atoms with Crippen LogP contribution in [-0.2, 0) is 57.1 Å². The van der Waals surface area contributed by atoms with Crippen molar-refractivity contribution in [1.29, 1.82) is 0 Å². The van der Waals surface area contributed by atoms with Crippen molar-refractivity contribution in [2.45, 2.75) is 65.0 Å². The van der Waals surface area contributed by atoms with Gasteiger partial charge in [0.1, 0.15) is 32.0 Å². The third kappa shape index (κ3) is 15.9. The van der Waals surface area contributed by atoms with Crippen molar-refractivity contribution < 1.29 is 66.7 Å². The molecular weight excluding hydrogens is 729 g/mol. The molecule has 252 valence electrons. The van der Waals surface area contributed by atoms with Gasteiger partial charge in [-0.25, -0.2) is 14.4 Å². The van der Waals surface area contributed by atoms with Gasteiger partial charge in [-0.15, -0.1) is 0 Å². The first-order valence-corrected chi connectivity index (χ1v) is 14.3. The van der Waals surface area contributed by atoms with E-state index in [4.69, 9.17) is 103 Å². The van der Waals surface area contributed by atoms with E-state index in [2.05, 4.69) is 15.4 Å². The Morgan fingerprint density at radius 2 is 1.30 bits per heavy atom. The molecule has 22 heteroatoms. The fourth-order valence-corrected chi connectivity index (χ4v) is 3.68. The van der Waals surface area contributed by atoms with Crippen LogP contribution in [-0.4, -0.2) is 114 Å². The van der Waals surface area contributed by atoms with E-state index >= 15 is 0 Å². The fourth-order valence-electron chi connectivity index (χ4n) is 3.36. The number of carbonyl (C=O) groups excluding carboxylic acids is 6. The maximum Gasteiger partial charge on any atom is 0.408 e. The predicted molar refractivity (Wildman–Crippen MR) is 151 cm³/mol. The van der Waals surface area contributed by atoms with Gasteiger partial charge in [0.05, 0.1) is 13.7 Å². The van der Waals surface area contributed by atoms with Crippen LogP contribution < -0.4 is 10.6 Å². The summed E-state index contributed by atoms with van der Waals surface area (Å²) in [6.07, 6.45) is -8.61. The largest absolute Gasteiger partial charge is 0.467 e. The number of methoxy groups -OCH3 is 1. The zero-order valence-corrected chi connectivity index (χ0v) is 27.8. The highest BCUT2D eigenvalue weighted by molar-refractivity contribution is 6.68. The molecule has 0 saturated carbocycles. The van der Waals surface area contributed by atoms with Gasteiger partial charge in [-0.2, -0.15) is 0 Å². The number of carbonyl (C=O) groups is 6. The molecule has 1 heterocycles. The van der Waals surface area contributed by atoms with Gasteiger partial charge >= 0.3 is 36.1 Å². The number of alkyl halides is 6. The summed E-state index contributed by atoms with van der Waals surface area (Å²) < 4.78 is 37.4. The van der Waals surface area contributed by atoms with Crippen molar-refractivity contribution in [3.05, 3.63) is 0 Å². The van der Waals surface area contributed by atoms with Crippen LogP contribution in [0.4, 0.5) is 9.59 Å². The standard InChI is InChI=1S/C22H28Cl6N2O14/c1-9(31)38-6-13-15(42-10(2)32)16(43-11(3)33)14(30-20(36)41-8-22(26,27)28)18(44-13)39-5-12(17(34)37-4)29-19(35)40-7-21(23,24)25/h12-16,18H,5-8H2,1-4H3,(H,29,35)(H,30,36)/t12-,13+,14+,15+,16+,18-/m0/s1. The molecule has 0 aromatic carbocycles. The summed E-state index contributed by atoms with van der Waals surface area (Å²) in [5, 5.41) is 4.42. The second-order valence-corrected chi connectivity index (χ2v) is 13.6. The number of hydrogen-bond acceptors (Lipinski definition) is 14. The summed E-state index contributed by atoms with van der Waals surface area (Å²) in [4.78, 5) is 72.8. The van der Waals surface area contributed by atoms with Crippen molar-refractivity contribution in [3.63, 3.8) is 0 Å². The molecule has 2 amide bonds. The Labute approximate surface area is 280 Å². The van der Waals surface area contributed by atoms with Crippen LogP contribution in [0, 0.1) is 0 Å². The van der Waals surface area contributed by atoms with Gasteiger partial charge in [0.25, 0.3) is 0 Å². The van der Waals surface area contributed by atoms with Gasteiger partial charge in [0.2, 0.25) is 7.59 Å². The van der Waals surface area contributed by atoms with E-state index in [-0.39, 0.29) is 0 Å². The van der Waals surface area contributed by atoms with E-state index < -0.39 is 107 Å². The summed E-state index contributed by atoms with van der Waals surface area (Å²) in [5.41, 5.74) is 0. The van der Waals surface area contributed by atoms with E-state index in [9.17, 15) is 28.8 Å². The first-order valence-electron chi connectivity index (χ1n) is 12.0. The van der Waals surface area contributed by atoms with Crippen molar-refractivity contribution >= 4 is 106 Å². The zero-order valence-electron chi connectivity index (χ0n) is 23.3. The smallest absolute Gasteiger partial charge is 0.408 e. The van der Waals surface area contributed by atoms with Crippen LogP contribution in [0.25, 0.3) is 0 Å². The van der Waals surface area contributed by atoms with Gasteiger partial charge in [-0.3, -0.25) is 14.4 Å². The molecular formula is C22H28Cl6N2O14. The first kappa shape index (κ1) is 40.1. The van der Waals surface area contributed by atoms with E-state index in [1.165, 1.54) is 0 Å². The Bertz CT molecular complexity index is 1040. The molecule has 0 unspecified atom stereocenters. The van der Waals surface area contributed by atoms with Crippen LogP contribution in [0.15, 0.2) is 0 Å². The highest BCUT2D eigenvalue weighted by Gasteiger charge is 2.52. The van der Waals surface area contributed by atoms with Gasteiger partial charge in [-0.05, 0) is 0 Å². The van der Waals surface area contributed by atoms with Gasteiger partial charge < -0.3 is 48.5 Å². The minimum Gasteiger partial charge on any atom is -0.467 e. The molecule has 6 atom stereocenters. The molecule has 16 nitrogen and oxygen atoms in total. The highest BCUT2D eigenvalue weighted by Crippen LogP contribution is 2.29. The second-order valence-electron chi connectivity index (χ2n) is 8.60. The molecule has 0 spiro atoms. The lowest BCUT2D eigenvalue weighted by molar-refractivity contribution is -0.278. The molecule has 0 bridgehead atoms. The molecule has 1 aliphatic heterocycles. The summed E-state index contributed by atoms with van der Waals surface area (Å²) >= 11 is 33.5. The molecule has 1 rings (SSSR count). The third-order valence-corrected chi connectivity index (χ3v) is 5.58. The van der Waals surface area contributed by atoms with Crippen LogP contribution in [0.1, 0.15) is 20.8 Å². The molecule has 0 radical (unpaired) electrons. The van der Waals surface area contributed by atoms with Crippen molar-refractivity contribution in [1.82, 2.24) is 10.6 Å². The van der Waals surface area contributed by atoms with Crippen molar-refractivity contribution in [2.24, 2.45) is 0 Å². The van der Waals surface area contributed by atoms with Crippen LogP contribution in [0.2, 0.25) is 0 Å². The number of esters is 4. The van der Waals surface area contributed by atoms with E-state index in [1.807, 2.05) is 0 Å². The maximum absolute atomic E-state index is 12.6. The predicted octanol–water partition coefficient (Wildman–Crippen LogP) is 2.26. The Kier molecular flexibility index (Phi) is 16.7. The van der Waals surface area contributed by atoms with E-state index in [0.29, 0.717) is 0 Å². The SMILES string of the molecule is COC(=O)[C@H](CO[C@H]1O[C@H](COC(C)=O)[C@@H](OC(C)=O)[C@H](OC(C)=O)[C@H]1NC(=O)OCC(Cl)(Cl)Cl)NC(=O)OCC(Cl)(Cl)Cl. The first-order chi connectivity index (χ1) is 20.2. The lowest BCUT2D eigenvalue weighted by Crippen LogP contribution is -2.67. The molecule has 0 aromatic rings.